The minimum atomic E-state index is -0.490. The molecule has 1 heterocycles. The van der Waals surface area contributed by atoms with E-state index in [2.05, 4.69) is 4.98 Å². The quantitative estimate of drug-likeness (QED) is 0.862. The molecule has 2 rings (SSSR count). The summed E-state index contributed by atoms with van der Waals surface area (Å²) in [6.45, 7) is 0. The Bertz CT molecular complexity index is 416. The monoisotopic (exact) mass is 251 g/mol. The second-order valence-corrected chi connectivity index (χ2v) is 5.67. The number of anilines is 1. The van der Waals surface area contributed by atoms with Crippen LogP contribution in [-0.2, 0) is 0 Å². The topological polar surface area (TPSA) is 82.0 Å². The molecule has 1 aliphatic carbocycles. The third-order valence-electron chi connectivity index (χ3n) is 3.01. The number of aromatic nitrogens is 1. The molecule has 0 spiro atoms. The maximum atomic E-state index is 11.2. The van der Waals surface area contributed by atoms with Crippen LogP contribution in [0.1, 0.15) is 42.5 Å². The van der Waals surface area contributed by atoms with Gasteiger partial charge >= 0.3 is 0 Å². The highest BCUT2D eigenvalue weighted by Crippen LogP contribution is 2.33. The molecule has 0 radical (unpaired) electrons. The molecule has 1 saturated carbocycles. The molecule has 0 unspecified atom stereocenters. The zero-order valence-corrected chi connectivity index (χ0v) is 10.5. The summed E-state index contributed by atoms with van der Waals surface area (Å²) in [5, 5.41) is 1.46. The van der Waals surface area contributed by atoms with Gasteiger partial charge in [-0.2, -0.15) is 0 Å². The third-order valence-corrected chi connectivity index (χ3v) is 4.28. The lowest BCUT2D eigenvalue weighted by Gasteiger charge is -2.20. The summed E-state index contributed by atoms with van der Waals surface area (Å²) in [4.78, 5) is 15.4. The number of primary amides is 1. The second kappa shape index (κ2) is 5.40. The van der Waals surface area contributed by atoms with E-state index in [0.717, 1.165) is 5.03 Å². The van der Waals surface area contributed by atoms with Gasteiger partial charge in [0.25, 0.3) is 5.91 Å². The molecule has 17 heavy (non-hydrogen) atoms. The molecular weight excluding hydrogens is 234 g/mol. The van der Waals surface area contributed by atoms with E-state index in [0.29, 0.717) is 16.5 Å². The van der Waals surface area contributed by atoms with Gasteiger partial charge in [0.2, 0.25) is 0 Å². The standard InChI is InChI=1S/C12H17N3OS/c13-10-7-15-11(6-9(10)12(14)16)17-8-4-2-1-3-5-8/h6-8H,1-5,13H2,(H2,14,16). The number of hydrogen-bond acceptors (Lipinski definition) is 4. The fourth-order valence-corrected chi connectivity index (χ4v) is 3.29. The van der Waals surface area contributed by atoms with Gasteiger partial charge in [-0.1, -0.05) is 19.3 Å². The summed E-state index contributed by atoms with van der Waals surface area (Å²) >= 11 is 1.73. The summed E-state index contributed by atoms with van der Waals surface area (Å²) in [5.74, 6) is -0.490. The molecule has 1 aromatic rings. The number of thioether (sulfide) groups is 1. The lowest BCUT2D eigenvalue weighted by Crippen LogP contribution is -2.14. The fourth-order valence-electron chi connectivity index (χ4n) is 2.08. The van der Waals surface area contributed by atoms with Gasteiger partial charge in [0.15, 0.2) is 0 Å². The van der Waals surface area contributed by atoms with Crippen LogP contribution in [0.15, 0.2) is 17.3 Å². The van der Waals surface area contributed by atoms with Crippen LogP contribution >= 0.6 is 11.8 Å². The molecule has 1 aromatic heterocycles. The molecule has 4 N–H and O–H groups in total. The highest BCUT2D eigenvalue weighted by molar-refractivity contribution is 7.99. The molecule has 1 aliphatic rings. The van der Waals surface area contributed by atoms with Crippen molar-refractivity contribution in [2.75, 3.05) is 5.73 Å². The van der Waals surface area contributed by atoms with Crippen LogP contribution < -0.4 is 11.5 Å². The molecule has 0 aromatic carbocycles. The third kappa shape index (κ3) is 3.12. The zero-order valence-electron chi connectivity index (χ0n) is 9.69. The average Bonchev–Trinajstić information content (AvgIpc) is 2.32. The van der Waals surface area contributed by atoms with Gasteiger partial charge in [-0.15, -0.1) is 11.8 Å². The van der Waals surface area contributed by atoms with Crippen molar-refractivity contribution in [3.05, 3.63) is 17.8 Å². The van der Waals surface area contributed by atoms with Crippen LogP contribution in [0.25, 0.3) is 0 Å². The van der Waals surface area contributed by atoms with E-state index in [1.165, 1.54) is 38.3 Å². The van der Waals surface area contributed by atoms with Crippen molar-refractivity contribution < 1.29 is 4.79 Å². The van der Waals surface area contributed by atoms with Gasteiger partial charge in [0.1, 0.15) is 0 Å². The Labute approximate surface area is 105 Å². The molecule has 0 bridgehead atoms. The first-order valence-corrected chi connectivity index (χ1v) is 6.77. The number of nitrogens with zero attached hydrogens (tertiary/aromatic N) is 1. The number of amides is 1. The average molecular weight is 251 g/mol. The second-order valence-electron chi connectivity index (χ2n) is 4.35. The number of rotatable bonds is 3. The first-order chi connectivity index (χ1) is 8.16. The SMILES string of the molecule is NC(=O)c1cc(SC2CCCCC2)ncc1N. The first-order valence-electron chi connectivity index (χ1n) is 5.89. The Kier molecular flexibility index (Phi) is 3.89. The highest BCUT2D eigenvalue weighted by Gasteiger charge is 2.16. The molecule has 0 aliphatic heterocycles. The van der Waals surface area contributed by atoms with Crippen LogP contribution in [0.4, 0.5) is 5.69 Å². The van der Waals surface area contributed by atoms with Crippen molar-refractivity contribution in [3.63, 3.8) is 0 Å². The minimum Gasteiger partial charge on any atom is -0.397 e. The van der Waals surface area contributed by atoms with E-state index in [4.69, 9.17) is 11.5 Å². The summed E-state index contributed by atoms with van der Waals surface area (Å²) in [6, 6.07) is 1.71. The Morgan fingerprint density at radius 3 is 2.71 bits per heavy atom. The van der Waals surface area contributed by atoms with Crippen molar-refractivity contribution in [1.29, 1.82) is 0 Å². The highest BCUT2D eigenvalue weighted by atomic mass is 32.2. The van der Waals surface area contributed by atoms with Gasteiger partial charge in [-0.25, -0.2) is 4.98 Å². The molecule has 0 atom stereocenters. The lowest BCUT2D eigenvalue weighted by molar-refractivity contribution is 0.100. The Morgan fingerprint density at radius 1 is 1.35 bits per heavy atom. The van der Waals surface area contributed by atoms with Crippen LogP contribution in [0.3, 0.4) is 0 Å². The van der Waals surface area contributed by atoms with Gasteiger partial charge in [-0.3, -0.25) is 4.79 Å². The Morgan fingerprint density at radius 2 is 2.06 bits per heavy atom. The van der Waals surface area contributed by atoms with Gasteiger partial charge in [-0.05, 0) is 18.9 Å². The van der Waals surface area contributed by atoms with E-state index in [-0.39, 0.29) is 0 Å². The van der Waals surface area contributed by atoms with Crippen LogP contribution in [-0.4, -0.2) is 16.1 Å². The van der Waals surface area contributed by atoms with E-state index in [1.54, 1.807) is 17.8 Å². The minimum absolute atomic E-state index is 0.352. The number of pyridine rings is 1. The predicted octanol–water partition coefficient (Wildman–Crippen LogP) is 2.19. The molecule has 92 valence electrons. The predicted molar refractivity (Wildman–Crippen MR) is 69.9 cm³/mol. The van der Waals surface area contributed by atoms with Crippen LogP contribution in [0.2, 0.25) is 0 Å². The lowest BCUT2D eigenvalue weighted by atomic mass is 10.0. The van der Waals surface area contributed by atoms with Crippen molar-refractivity contribution in [2.45, 2.75) is 42.4 Å². The maximum Gasteiger partial charge on any atom is 0.250 e. The van der Waals surface area contributed by atoms with E-state index < -0.39 is 5.91 Å². The summed E-state index contributed by atoms with van der Waals surface area (Å²) in [6.07, 6.45) is 7.87. The Hall–Kier alpha value is -1.23. The molecule has 0 saturated heterocycles. The number of nitrogen functional groups attached to an aromatic ring is 1. The van der Waals surface area contributed by atoms with Gasteiger partial charge in [0, 0.05) is 5.25 Å². The van der Waals surface area contributed by atoms with Crippen LogP contribution in [0.5, 0.6) is 0 Å². The smallest absolute Gasteiger partial charge is 0.250 e. The molecule has 5 heteroatoms. The molecule has 1 amide bonds. The molecule has 1 fully saturated rings. The van der Waals surface area contributed by atoms with Crippen molar-refractivity contribution in [1.82, 2.24) is 4.98 Å². The van der Waals surface area contributed by atoms with Crippen LogP contribution in [0, 0.1) is 0 Å². The summed E-state index contributed by atoms with van der Waals surface area (Å²) < 4.78 is 0. The first kappa shape index (κ1) is 12.2. The van der Waals surface area contributed by atoms with Crippen molar-refractivity contribution in [3.8, 4) is 0 Å². The largest absolute Gasteiger partial charge is 0.397 e. The zero-order chi connectivity index (χ0) is 12.3. The van der Waals surface area contributed by atoms with E-state index in [1.807, 2.05) is 0 Å². The van der Waals surface area contributed by atoms with Crippen molar-refractivity contribution >= 4 is 23.4 Å². The number of carbonyl (C=O) groups excluding carboxylic acids is 1. The van der Waals surface area contributed by atoms with E-state index in [9.17, 15) is 4.79 Å². The molecule has 4 nitrogen and oxygen atoms in total. The van der Waals surface area contributed by atoms with Gasteiger partial charge < -0.3 is 11.5 Å². The fraction of sp³-hybridized carbons (Fsp3) is 0.500. The summed E-state index contributed by atoms with van der Waals surface area (Å²) in [5.41, 5.74) is 11.6. The maximum absolute atomic E-state index is 11.2. The van der Waals surface area contributed by atoms with Gasteiger partial charge in [0.05, 0.1) is 22.5 Å². The number of hydrogen-bond donors (Lipinski definition) is 2. The number of nitrogens with two attached hydrogens (primary N) is 2. The van der Waals surface area contributed by atoms with E-state index >= 15 is 0 Å². The number of carbonyl (C=O) groups is 1. The Balaban J connectivity index is 2.10. The molecular formula is C12H17N3OS. The summed E-state index contributed by atoms with van der Waals surface area (Å²) in [7, 11) is 0. The normalized spacial score (nSPS) is 16.9. The van der Waals surface area contributed by atoms with Crippen molar-refractivity contribution in [2.24, 2.45) is 5.73 Å².